The highest BCUT2D eigenvalue weighted by Crippen LogP contribution is 2.21. The van der Waals surface area contributed by atoms with E-state index in [-0.39, 0.29) is 17.4 Å². The van der Waals surface area contributed by atoms with Gasteiger partial charge in [0.15, 0.2) is 5.92 Å². The molecule has 1 fully saturated rings. The molecular weight excluding hydrogens is 426 g/mol. The Morgan fingerprint density at radius 2 is 1.79 bits per heavy atom. The first kappa shape index (κ1) is 23.3. The van der Waals surface area contributed by atoms with E-state index in [1.807, 2.05) is 0 Å². The van der Waals surface area contributed by atoms with Crippen molar-refractivity contribution in [3.05, 3.63) is 59.7 Å². The first-order chi connectivity index (χ1) is 15.7. The van der Waals surface area contributed by atoms with Crippen molar-refractivity contribution >= 4 is 47.2 Å². The lowest BCUT2D eigenvalue weighted by molar-refractivity contribution is -0.131. The number of carbonyl (C=O) groups excluding carboxylic acids is 5. The average molecular weight is 449 g/mol. The van der Waals surface area contributed by atoms with E-state index in [9.17, 15) is 24.0 Å². The van der Waals surface area contributed by atoms with Gasteiger partial charge in [-0.3, -0.25) is 24.5 Å². The second-order valence-corrected chi connectivity index (χ2v) is 7.73. The predicted molar refractivity (Wildman–Crippen MR) is 122 cm³/mol. The van der Waals surface area contributed by atoms with Gasteiger partial charge in [0.25, 0.3) is 11.8 Å². The number of amides is 6. The largest absolute Gasteiger partial charge is 0.335 e. The third kappa shape index (κ3) is 5.48. The number of urea groups is 1. The highest BCUT2D eigenvalue weighted by atomic mass is 16.2. The van der Waals surface area contributed by atoms with Crippen LogP contribution in [0.3, 0.4) is 0 Å². The molecule has 0 unspecified atom stereocenters. The molecule has 0 bridgehead atoms. The Hall–Kier alpha value is -4.34. The topological polar surface area (TPSA) is 137 Å². The molecule has 1 atom stereocenters. The Morgan fingerprint density at radius 3 is 2.42 bits per heavy atom. The van der Waals surface area contributed by atoms with Crippen LogP contribution >= 0.6 is 0 Å². The number of barbiturate groups is 1. The van der Waals surface area contributed by atoms with Crippen molar-refractivity contribution in [3.63, 3.8) is 0 Å². The van der Waals surface area contributed by atoms with Gasteiger partial charge in [-0.05, 0) is 48.9 Å². The Kier molecular flexibility index (Phi) is 6.97. The fourth-order valence-corrected chi connectivity index (χ4v) is 2.96. The lowest BCUT2D eigenvalue weighted by Gasteiger charge is -2.28. The standard InChI is InChI=1S/C23H23N5O5/c1-13(2)19(29)25-16-9-7-15(8-10-16)20(30)27-24-12-18-21(31)26-23(33)28(22(18)32)17-6-4-5-14(3)11-17/h4-13,18H,1-3H3,(H,25,29)(H,27,30)(H,26,31,33)/b24-12-/t18-/m1/s1. The number of nitrogens with one attached hydrogen (secondary N) is 3. The molecule has 0 aliphatic carbocycles. The molecule has 10 nitrogen and oxygen atoms in total. The van der Waals surface area contributed by atoms with Crippen LogP contribution in [0, 0.1) is 18.8 Å². The predicted octanol–water partition coefficient (Wildman–Crippen LogP) is 2.20. The number of hydrazone groups is 1. The SMILES string of the molecule is Cc1cccc(N2C(=O)NC(=O)[C@@H](/C=N\NC(=O)c3ccc(NC(=O)C(C)C)cc3)C2=O)c1. The molecule has 2 aromatic rings. The van der Waals surface area contributed by atoms with Crippen LogP contribution < -0.4 is 21.0 Å². The smallest absolute Gasteiger partial charge is 0.326 e. The van der Waals surface area contributed by atoms with Crippen LogP contribution in [0.25, 0.3) is 0 Å². The van der Waals surface area contributed by atoms with Gasteiger partial charge in [0, 0.05) is 23.4 Å². The molecule has 10 heteroatoms. The number of nitrogens with zero attached hydrogens (tertiary/aromatic N) is 2. The molecule has 0 spiro atoms. The van der Waals surface area contributed by atoms with Gasteiger partial charge in [-0.15, -0.1) is 0 Å². The normalized spacial score (nSPS) is 16.2. The van der Waals surface area contributed by atoms with Crippen LogP contribution in [0.5, 0.6) is 0 Å². The number of carbonyl (C=O) groups is 5. The molecule has 33 heavy (non-hydrogen) atoms. The molecule has 1 saturated heterocycles. The van der Waals surface area contributed by atoms with Crippen molar-refractivity contribution in [3.8, 4) is 0 Å². The zero-order chi connectivity index (χ0) is 24.1. The molecule has 0 saturated carbocycles. The summed E-state index contributed by atoms with van der Waals surface area (Å²) in [6, 6.07) is 12.0. The highest BCUT2D eigenvalue weighted by Gasteiger charge is 2.40. The van der Waals surface area contributed by atoms with Gasteiger partial charge in [0.2, 0.25) is 11.8 Å². The lowest BCUT2D eigenvalue weighted by Crippen LogP contribution is -2.58. The van der Waals surface area contributed by atoms with Gasteiger partial charge in [0.1, 0.15) is 0 Å². The zero-order valence-corrected chi connectivity index (χ0v) is 18.3. The van der Waals surface area contributed by atoms with Crippen LogP contribution in [-0.2, 0) is 14.4 Å². The number of benzene rings is 2. The summed E-state index contributed by atoms with van der Waals surface area (Å²) in [7, 11) is 0. The number of rotatable bonds is 6. The van der Waals surface area contributed by atoms with E-state index < -0.39 is 29.7 Å². The zero-order valence-electron chi connectivity index (χ0n) is 18.3. The molecule has 3 N–H and O–H groups in total. The van der Waals surface area contributed by atoms with Gasteiger partial charge in [0.05, 0.1) is 5.69 Å². The fourth-order valence-electron chi connectivity index (χ4n) is 2.96. The third-order valence-electron chi connectivity index (χ3n) is 4.79. The summed E-state index contributed by atoms with van der Waals surface area (Å²) in [4.78, 5) is 62.0. The first-order valence-corrected chi connectivity index (χ1v) is 10.2. The van der Waals surface area contributed by atoms with Crippen molar-refractivity contribution in [1.82, 2.24) is 10.7 Å². The maximum absolute atomic E-state index is 12.8. The molecular formula is C23H23N5O5. The summed E-state index contributed by atoms with van der Waals surface area (Å²) in [5, 5.41) is 8.55. The summed E-state index contributed by atoms with van der Waals surface area (Å²) < 4.78 is 0. The van der Waals surface area contributed by atoms with E-state index in [0.717, 1.165) is 16.7 Å². The minimum Gasteiger partial charge on any atom is -0.326 e. The van der Waals surface area contributed by atoms with Crippen LogP contribution in [0.2, 0.25) is 0 Å². The van der Waals surface area contributed by atoms with Gasteiger partial charge in [-0.25, -0.2) is 15.1 Å². The number of imide groups is 2. The summed E-state index contributed by atoms with van der Waals surface area (Å²) in [5.41, 5.74) is 4.19. The summed E-state index contributed by atoms with van der Waals surface area (Å²) in [6.45, 7) is 5.34. The van der Waals surface area contributed by atoms with Crippen molar-refractivity contribution in [2.24, 2.45) is 16.9 Å². The molecule has 0 radical (unpaired) electrons. The van der Waals surface area contributed by atoms with Crippen molar-refractivity contribution < 1.29 is 24.0 Å². The molecule has 6 amide bonds. The van der Waals surface area contributed by atoms with Gasteiger partial charge < -0.3 is 5.32 Å². The molecule has 0 aromatic heterocycles. The van der Waals surface area contributed by atoms with Crippen LogP contribution in [0.4, 0.5) is 16.2 Å². The quantitative estimate of drug-likeness (QED) is 0.353. The number of hydrogen-bond acceptors (Lipinski definition) is 6. The minimum absolute atomic E-state index is 0.148. The molecule has 3 rings (SSSR count). The molecule has 170 valence electrons. The Labute approximate surface area is 190 Å². The summed E-state index contributed by atoms with van der Waals surface area (Å²) in [5.74, 6) is -3.92. The maximum atomic E-state index is 12.8. The Balaban J connectivity index is 1.66. The summed E-state index contributed by atoms with van der Waals surface area (Å²) >= 11 is 0. The van der Waals surface area contributed by atoms with E-state index in [2.05, 4.69) is 21.2 Å². The first-order valence-electron chi connectivity index (χ1n) is 10.2. The van der Waals surface area contributed by atoms with Gasteiger partial charge >= 0.3 is 6.03 Å². The van der Waals surface area contributed by atoms with Gasteiger partial charge in [-0.1, -0.05) is 26.0 Å². The lowest BCUT2D eigenvalue weighted by atomic mass is 10.1. The van der Waals surface area contributed by atoms with Crippen molar-refractivity contribution in [1.29, 1.82) is 0 Å². The number of aryl methyl sites for hydroxylation is 1. The molecule has 1 heterocycles. The Morgan fingerprint density at radius 1 is 1.09 bits per heavy atom. The second-order valence-electron chi connectivity index (χ2n) is 7.73. The molecule has 1 aliphatic rings. The molecule has 1 aliphatic heterocycles. The number of anilines is 2. The minimum atomic E-state index is -1.39. The highest BCUT2D eigenvalue weighted by molar-refractivity contribution is 6.32. The van der Waals surface area contributed by atoms with Crippen molar-refractivity contribution in [2.75, 3.05) is 10.2 Å². The van der Waals surface area contributed by atoms with Crippen LogP contribution in [0.1, 0.15) is 29.8 Å². The monoisotopic (exact) mass is 449 g/mol. The Bertz CT molecular complexity index is 1140. The van der Waals surface area contributed by atoms with Gasteiger partial charge in [-0.2, -0.15) is 5.10 Å². The van der Waals surface area contributed by atoms with E-state index in [1.54, 1.807) is 57.2 Å². The van der Waals surface area contributed by atoms with E-state index in [0.29, 0.717) is 11.4 Å². The third-order valence-corrected chi connectivity index (χ3v) is 4.79. The van der Waals surface area contributed by atoms with Crippen LogP contribution in [0.15, 0.2) is 53.6 Å². The van der Waals surface area contributed by atoms with E-state index in [4.69, 9.17) is 0 Å². The number of hydrogen-bond donors (Lipinski definition) is 3. The van der Waals surface area contributed by atoms with E-state index >= 15 is 0 Å². The van der Waals surface area contributed by atoms with Crippen LogP contribution in [-0.4, -0.2) is 35.9 Å². The average Bonchev–Trinajstić information content (AvgIpc) is 2.76. The summed E-state index contributed by atoms with van der Waals surface area (Å²) in [6.07, 6.45) is 0.974. The fraction of sp³-hybridized carbons (Fsp3) is 0.217. The van der Waals surface area contributed by atoms with E-state index in [1.165, 1.54) is 12.1 Å². The molecule has 2 aromatic carbocycles. The second kappa shape index (κ2) is 9.86. The maximum Gasteiger partial charge on any atom is 0.335 e. The van der Waals surface area contributed by atoms with Crippen molar-refractivity contribution in [2.45, 2.75) is 20.8 Å².